The molecule has 0 saturated carbocycles. The van der Waals surface area contributed by atoms with Crippen LogP contribution in [0.15, 0.2) is 0 Å². The molecular formula is C11H18O. The van der Waals surface area contributed by atoms with Gasteiger partial charge in [-0.3, -0.25) is 0 Å². The van der Waals surface area contributed by atoms with Crippen molar-refractivity contribution < 1.29 is 4.74 Å². The Hall–Kier alpha value is -0.480. The maximum Gasteiger partial charge on any atom is 0.0997 e. The number of hydrogen-bond donors (Lipinski definition) is 0. The van der Waals surface area contributed by atoms with E-state index < -0.39 is 0 Å². The predicted octanol–water partition coefficient (Wildman–Crippen LogP) is 2.75. The molecule has 1 atom stereocenters. The van der Waals surface area contributed by atoms with Crippen LogP contribution >= 0.6 is 0 Å². The number of hydrogen-bond acceptors (Lipinski definition) is 1. The molecule has 0 unspecified atom stereocenters. The van der Waals surface area contributed by atoms with E-state index in [1.807, 2.05) is 0 Å². The Morgan fingerprint density at radius 1 is 1.33 bits per heavy atom. The third-order valence-corrected chi connectivity index (χ3v) is 2.13. The zero-order valence-electron chi connectivity index (χ0n) is 8.15. The van der Waals surface area contributed by atoms with Crippen LogP contribution in [-0.4, -0.2) is 12.2 Å². The first-order valence-electron chi connectivity index (χ1n) is 4.86. The lowest BCUT2D eigenvalue weighted by atomic mass is 10.1. The van der Waals surface area contributed by atoms with Gasteiger partial charge in [-0.2, -0.15) is 0 Å². The summed E-state index contributed by atoms with van der Waals surface area (Å²) in [5.74, 6) is 6.36. The fourth-order valence-electron chi connectivity index (χ4n) is 1.03. The zero-order chi connectivity index (χ0) is 8.86. The molecule has 0 radical (unpaired) electrons. The molecule has 0 spiro atoms. The second-order valence-electron chi connectivity index (χ2n) is 3.73. The van der Waals surface area contributed by atoms with Gasteiger partial charge < -0.3 is 4.74 Å². The van der Waals surface area contributed by atoms with Crippen molar-refractivity contribution in [2.45, 2.75) is 51.6 Å². The molecule has 0 aromatic rings. The molecule has 0 aromatic heterocycles. The topological polar surface area (TPSA) is 12.5 Å². The number of ether oxygens (including phenoxy) is 1. The maximum absolute atomic E-state index is 5.22. The lowest BCUT2D eigenvalue weighted by molar-refractivity contribution is 0.328. The molecule has 1 heterocycles. The summed E-state index contributed by atoms with van der Waals surface area (Å²) >= 11 is 0. The summed E-state index contributed by atoms with van der Waals surface area (Å²) in [6, 6.07) is 0. The highest BCUT2D eigenvalue weighted by molar-refractivity contribution is 5.06. The Morgan fingerprint density at radius 2 is 2.08 bits per heavy atom. The summed E-state index contributed by atoms with van der Waals surface area (Å²) in [6.45, 7) is 5.23. The Morgan fingerprint density at radius 3 is 2.67 bits per heavy atom. The molecule has 68 valence electrons. The van der Waals surface area contributed by atoms with Crippen molar-refractivity contribution in [2.75, 3.05) is 6.61 Å². The van der Waals surface area contributed by atoms with E-state index >= 15 is 0 Å². The van der Waals surface area contributed by atoms with E-state index in [9.17, 15) is 0 Å². The fraction of sp³-hybridized carbons (Fsp3) is 0.818. The van der Waals surface area contributed by atoms with E-state index in [1.165, 1.54) is 19.3 Å². The summed E-state index contributed by atoms with van der Waals surface area (Å²) in [6.07, 6.45) is 5.81. The molecular weight excluding hydrogens is 148 g/mol. The quantitative estimate of drug-likeness (QED) is 0.355. The first-order valence-corrected chi connectivity index (χ1v) is 4.86. The minimum Gasteiger partial charge on any atom is -0.369 e. The summed E-state index contributed by atoms with van der Waals surface area (Å²) in [7, 11) is 0. The third-order valence-electron chi connectivity index (χ3n) is 2.13. The molecule has 1 saturated heterocycles. The number of unbranched alkanes of at least 4 members (excludes halogenated alkanes) is 3. The minimum atomic E-state index is 0.123. The molecule has 0 N–H and O–H groups in total. The summed E-state index contributed by atoms with van der Waals surface area (Å²) in [5.41, 5.74) is 0.123. The van der Waals surface area contributed by atoms with Crippen molar-refractivity contribution in [2.24, 2.45) is 0 Å². The molecule has 1 heteroatoms. The Balaban J connectivity index is 1.97. The molecule has 0 amide bonds. The van der Waals surface area contributed by atoms with Gasteiger partial charge in [0, 0.05) is 12.8 Å². The smallest absolute Gasteiger partial charge is 0.0997 e. The van der Waals surface area contributed by atoms with Crippen molar-refractivity contribution in [1.82, 2.24) is 0 Å². The molecule has 0 aromatic carbocycles. The maximum atomic E-state index is 5.22. The Bertz CT molecular complexity index is 181. The molecule has 0 aliphatic carbocycles. The highest BCUT2D eigenvalue weighted by Gasteiger charge is 2.37. The van der Waals surface area contributed by atoms with E-state index in [1.54, 1.807) is 0 Å². The van der Waals surface area contributed by atoms with Crippen molar-refractivity contribution in [3.63, 3.8) is 0 Å². The molecule has 0 bridgehead atoms. The van der Waals surface area contributed by atoms with E-state index in [-0.39, 0.29) is 5.60 Å². The van der Waals surface area contributed by atoms with Gasteiger partial charge in [-0.05, 0) is 13.3 Å². The third kappa shape index (κ3) is 3.78. The first-order chi connectivity index (χ1) is 5.77. The summed E-state index contributed by atoms with van der Waals surface area (Å²) in [5, 5.41) is 0. The molecule has 1 aliphatic heterocycles. The van der Waals surface area contributed by atoms with Gasteiger partial charge >= 0.3 is 0 Å². The SMILES string of the molecule is CCCCCC#CC[C@@]1(C)CO1. The average molecular weight is 166 g/mol. The van der Waals surface area contributed by atoms with Crippen LogP contribution in [0, 0.1) is 11.8 Å². The van der Waals surface area contributed by atoms with Crippen LogP contribution in [0.3, 0.4) is 0 Å². The van der Waals surface area contributed by atoms with Crippen molar-refractivity contribution >= 4 is 0 Å². The van der Waals surface area contributed by atoms with E-state index in [0.717, 1.165) is 19.4 Å². The lowest BCUT2D eigenvalue weighted by Crippen LogP contribution is -2.00. The largest absolute Gasteiger partial charge is 0.369 e. The Labute approximate surface area is 75.5 Å². The van der Waals surface area contributed by atoms with Gasteiger partial charge in [0.05, 0.1) is 12.2 Å². The summed E-state index contributed by atoms with van der Waals surface area (Å²) in [4.78, 5) is 0. The molecule has 1 aliphatic rings. The lowest BCUT2D eigenvalue weighted by Gasteiger charge is -1.94. The molecule has 12 heavy (non-hydrogen) atoms. The highest BCUT2D eigenvalue weighted by atomic mass is 16.6. The zero-order valence-corrected chi connectivity index (χ0v) is 8.15. The van der Waals surface area contributed by atoms with Gasteiger partial charge in [0.25, 0.3) is 0 Å². The Kier molecular flexibility index (Phi) is 3.62. The van der Waals surface area contributed by atoms with Gasteiger partial charge in [0.1, 0.15) is 0 Å². The highest BCUT2D eigenvalue weighted by Crippen LogP contribution is 2.28. The number of rotatable bonds is 4. The van der Waals surface area contributed by atoms with Gasteiger partial charge in [-0.1, -0.05) is 19.8 Å². The van der Waals surface area contributed by atoms with Crippen LogP contribution < -0.4 is 0 Å². The van der Waals surface area contributed by atoms with Gasteiger partial charge in [0.15, 0.2) is 0 Å². The van der Waals surface area contributed by atoms with Crippen LogP contribution in [0.2, 0.25) is 0 Å². The van der Waals surface area contributed by atoms with Crippen LogP contribution in [0.25, 0.3) is 0 Å². The molecule has 1 fully saturated rings. The van der Waals surface area contributed by atoms with Gasteiger partial charge in [0.2, 0.25) is 0 Å². The average Bonchev–Trinajstić information content (AvgIpc) is 2.77. The van der Waals surface area contributed by atoms with Crippen LogP contribution in [0.5, 0.6) is 0 Å². The minimum absolute atomic E-state index is 0.123. The van der Waals surface area contributed by atoms with Gasteiger partial charge in [-0.25, -0.2) is 0 Å². The van der Waals surface area contributed by atoms with Gasteiger partial charge in [-0.15, -0.1) is 11.8 Å². The van der Waals surface area contributed by atoms with Crippen molar-refractivity contribution in [1.29, 1.82) is 0 Å². The first kappa shape index (κ1) is 9.61. The number of epoxide rings is 1. The van der Waals surface area contributed by atoms with E-state index in [0.29, 0.717) is 0 Å². The predicted molar refractivity (Wildman–Crippen MR) is 50.9 cm³/mol. The second kappa shape index (κ2) is 4.52. The van der Waals surface area contributed by atoms with E-state index in [2.05, 4.69) is 25.7 Å². The molecule has 1 rings (SSSR count). The second-order valence-corrected chi connectivity index (χ2v) is 3.73. The standard InChI is InChI=1S/C11H18O/c1-3-4-5-6-7-8-9-11(2)10-12-11/h3-6,9-10H2,1-2H3/t11-/m0/s1. The molecule has 1 nitrogen and oxygen atoms in total. The van der Waals surface area contributed by atoms with Crippen LogP contribution in [0.4, 0.5) is 0 Å². The normalized spacial score (nSPS) is 26.2. The fourth-order valence-corrected chi connectivity index (χ4v) is 1.03. The van der Waals surface area contributed by atoms with E-state index in [4.69, 9.17) is 4.74 Å². The monoisotopic (exact) mass is 166 g/mol. The van der Waals surface area contributed by atoms with Crippen LogP contribution in [-0.2, 0) is 4.74 Å². The summed E-state index contributed by atoms with van der Waals surface area (Å²) < 4.78 is 5.22. The van der Waals surface area contributed by atoms with Crippen LogP contribution in [0.1, 0.15) is 46.0 Å². The van der Waals surface area contributed by atoms with Crippen molar-refractivity contribution in [3.05, 3.63) is 0 Å². The van der Waals surface area contributed by atoms with Crippen molar-refractivity contribution in [3.8, 4) is 11.8 Å².